The number of halogens is 1. The molecule has 6 nitrogen and oxygen atoms in total. The van der Waals surface area contributed by atoms with Gasteiger partial charge in [0.05, 0.1) is 6.54 Å². The zero-order valence-electron chi connectivity index (χ0n) is 12.5. The molecule has 0 spiro atoms. The van der Waals surface area contributed by atoms with Crippen LogP contribution >= 0.6 is 24.0 Å². The normalized spacial score (nSPS) is 10.9. The number of hydrogen-bond donors (Lipinski definition) is 2. The van der Waals surface area contributed by atoms with Crippen molar-refractivity contribution in [3.05, 3.63) is 47.5 Å². The third kappa shape index (κ3) is 5.00. The van der Waals surface area contributed by atoms with E-state index in [0.29, 0.717) is 6.54 Å². The minimum absolute atomic E-state index is 0. The van der Waals surface area contributed by atoms with E-state index in [1.807, 2.05) is 36.7 Å². The number of rotatable bonds is 4. The van der Waals surface area contributed by atoms with Gasteiger partial charge in [0, 0.05) is 20.6 Å². The zero-order chi connectivity index (χ0) is 14.4. The standard InChI is InChI=1S/C14H20N6.HI/c1-11-18-19-13(20(11)3)10-17-14(15-2)16-9-12-7-5-4-6-8-12;/h4-8H,9-10H2,1-3H3,(H2,15,16,17);1H. The second kappa shape index (κ2) is 8.60. The second-order valence-corrected chi connectivity index (χ2v) is 4.49. The van der Waals surface area contributed by atoms with Crippen molar-refractivity contribution in [3.63, 3.8) is 0 Å². The van der Waals surface area contributed by atoms with Gasteiger partial charge in [-0.05, 0) is 12.5 Å². The summed E-state index contributed by atoms with van der Waals surface area (Å²) in [6.07, 6.45) is 0. The van der Waals surface area contributed by atoms with Gasteiger partial charge < -0.3 is 15.2 Å². The van der Waals surface area contributed by atoms with Crippen molar-refractivity contribution in [2.24, 2.45) is 12.0 Å². The van der Waals surface area contributed by atoms with Crippen LogP contribution in [0.3, 0.4) is 0 Å². The van der Waals surface area contributed by atoms with E-state index in [9.17, 15) is 0 Å². The van der Waals surface area contributed by atoms with E-state index >= 15 is 0 Å². The highest BCUT2D eigenvalue weighted by atomic mass is 127. The molecule has 0 aliphatic heterocycles. The predicted octanol–water partition coefficient (Wildman–Crippen LogP) is 1.61. The number of nitrogens with zero attached hydrogens (tertiary/aromatic N) is 4. The van der Waals surface area contributed by atoms with Gasteiger partial charge in [-0.1, -0.05) is 30.3 Å². The molecular formula is C14H21IN6. The molecule has 2 aromatic rings. The lowest BCUT2D eigenvalue weighted by atomic mass is 10.2. The summed E-state index contributed by atoms with van der Waals surface area (Å²) in [6, 6.07) is 10.2. The van der Waals surface area contributed by atoms with Gasteiger partial charge in [0.1, 0.15) is 5.82 Å². The first kappa shape index (κ1) is 17.4. The highest BCUT2D eigenvalue weighted by Gasteiger charge is 2.05. The molecule has 0 amide bonds. The average Bonchev–Trinajstić information content (AvgIpc) is 2.80. The summed E-state index contributed by atoms with van der Waals surface area (Å²) in [5, 5.41) is 14.6. The SMILES string of the molecule is CN=C(NCc1ccccc1)NCc1nnc(C)n1C.I. The minimum atomic E-state index is 0. The van der Waals surface area contributed by atoms with Crippen LogP contribution in [0.5, 0.6) is 0 Å². The quantitative estimate of drug-likeness (QED) is 0.465. The lowest BCUT2D eigenvalue weighted by Gasteiger charge is -2.11. The van der Waals surface area contributed by atoms with Crippen molar-refractivity contribution >= 4 is 29.9 Å². The van der Waals surface area contributed by atoms with Gasteiger partial charge in [0.15, 0.2) is 11.8 Å². The van der Waals surface area contributed by atoms with Gasteiger partial charge in [0.25, 0.3) is 0 Å². The predicted molar refractivity (Wildman–Crippen MR) is 94.6 cm³/mol. The van der Waals surface area contributed by atoms with Crippen LogP contribution < -0.4 is 10.6 Å². The van der Waals surface area contributed by atoms with Crippen LogP contribution in [0.2, 0.25) is 0 Å². The van der Waals surface area contributed by atoms with E-state index in [4.69, 9.17) is 0 Å². The number of aromatic nitrogens is 3. The topological polar surface area (TPSA) is 67.1 Å². The summed E-state index contributed by atoms with van der Waals surface area (Å²) < 4.78 is 1.96. The van der Waals surface area contributed by atoms with E-state index < -0.39 is 0 Å². The van der Waals surface area contributed by atoms with E-state index in [2.05, 4.69) is 38.0 Å². The molecule has 1 aromatic carbocycles. The fourth-order valence-corrected chi connectivity index (χ4v) is 1.77. The molecule has 7 heteroatoms. The third-order valence-corrected chi connectivity index (χ3v) is 3.12. The Morgan fingerprint density at radius 1 is 1.14 bits per heavy atom. The number of aryl methyl sites for hydroxylation is 1. The monoisotopic (exact) mass is 400 g/mol. The fourth-order valence-electron chi connectivity index (χ4n) is 1.77. The van der Waals surface area contributed by atoms with Crippen molar-refractivity contribution < 1.29 is 0 Å². The van der Waals surface area contributed by atoms with E-state index in [1.165, 1.54) is 5.56 Å². The van der Waals surface area contributed by atoms with Crippen LogP contribution in [0.1, 0.15) is 17.2 Å². The van der Waals surface area contributed by atoms with Crippen LogP contribution in [0, 0.1) is 6.92 Å². The molecule has 2 N–H and O–H groups in total. The van der Waals surface area contributed by atoms with Gasteiger partial charge in [-0.25, -0.2) is 0 Å². The molecule has 0 unspecified atom stereocenters. The largest absolute Gasteiger partial charge is 0.352 e. The van der Waals surface area contributed by atoms with Crippen LogP contribution in [0.15, 0.2) is 35.3 Å². The van der Waals surface area contributed by atoms with Gasteiger partial charge in [0.2, 0.25) is 0 Å². The number of hydrogen-bond acceptors (Lipinski definition) is 3. The van der Waals surface area contributed by atoms with E-state index in [1.54, 1.807) is 7.05 Å². The van der Waals surface area contributed by atoms with Crippen molar-refractivity contribution in [1.82, 2.24) is 25.4 Å². The molecule has 0 saturated heterocycles. The number of benzene rings is 1. The third-order valence-electron chi connectivity index (χ3n) is 3.12. The lowest BCUT2D eigenvalue weighted by molar-refractivity contribution is 0.717. The summed E-state index contributed by atoms with van der Waals surface area (Å²) in [7, 11) is 3.70. The molecule has 1 heterocycles. The van der Waals surface area contributed by atoms with Gasteiger partial charge in [-0.15, -0.1) is 34.2 Å². The first-order chi connectivity index (χ1) is 9.70. The summed E-state index contributed by atoms with van der Waals surface area (Å²) in [5.74, 6) is 2.52. The Labute approximate surface area is 142 Å². The first-order valence-corrected chi connectivity index (χ1v) is 6.54. The van der Waals surface area contributed by atoms with Crippen molar-refractivity contribution in [2.45, 2.75) is 20.0 Å². The number of aliphatic imine (C=N–C) groups is 1. The average molecular weight is 400 g/mol. The fraction of sp³-hybridized carbons (Fsp3) is 0.357. The molecule has 0 aliphatic carbocycles. The maximum atomic E-state index is 4.19. The molecule has 0 bridgehead atoms. The second-order valence-electron chi connectivity index (χ2n) is 4.49. The molecule has 114 valence electrons. The minimum Gasteiger partial charge on any atom is -0.352 e. The summed E-state index contributed by atoms with van der Waals surface area (Å²) in [4.78, 5) is 4.19. The van der Waals surface area contributed by atoms with Crippen LogP contribution in [0.25, 0.3) is 0 Å². The maximum absolute atomic E-state index is 4.19. The Morgan fingerprint density at radius 2 is 1.81 bits per heavy atom. The molecule has 0 radical (unpaired) electrons. The Hall–Kier alpha value is -1.64. The zero-order valence-corrected chi connectivity index (χ0v) is 14.8. The van der Waals surface area contributed by atoms with Crippen LogP contribution in [-0.4, -0.2) is 27.8 Å². The number of guanidine groups is 1. The maximum Gasteiger partial charge on any atom is 0.191 e. The first-order valence-electron chi connectivity index (χ1n) is 6.54. The molecular weight excluding hydrogens is 379 g/mol. The van der Waals surface area contributed by atoms with Gasteiger partial charge >= 0.3 is 0 Å². The smallest absolute Gasteiger partial charge is 0.191 e. The Bertz CT molecular complexity index is 578. The summed E-state index contributed by atoms with van der Waals surface area (Å²) in [5.41, 5.74) is 1.21. The summed E-state index contributed by atoms with van der Waals surface area (Å²) in [6.45, 7) is 3.25. The molecule has 0 atom stereocenters. The molecule has 0 aliphatic rings. The van der Waals surface area contributed by atoms with Gasteiger partial charge in [-0.2, -0.15) is 0 Å². The molecule has 1 aromatic heterocycles. The highest BCUT2D eigenvalue weighted by Crippen LogP contribution is 1.98. The van der Waals surface area contributed by atoms with Crippen molar-refractivity contribution in [3.8, 4) is 0 Å². The Kier molecular flexibility index (Phi) is 7.13. The van der Waals surface area contributed by atoms with E-state index in [-0.39, 0.29) is 24.0 Å². The Morgan fingerprint density at radius 3 is 2.38 bits per heavy atom. The summed E-state index contributed by atoms with van der Waals surface area (Å²) >= 11 is 0. The number of nitrogens with one attached hydrogen (secondary N) is 2. The highest BCUT2D eigenvalue weighted by molar-refractivity contribution is 14.0. The molecule has 0 saturated carbocycles. The van der Waals surface area contributed by atoms with Gasteiger partial charge in [-0.3, -0.25) is 4.99 Å². The molecule has 0 fully saturated rings. The lowest BCUT2D eigenvalue weighted by Crippen LogP contribution is -2.36. The van der Waals surface area contributed by atoms with Crippen LogP contribution in [0.4, 0.5) is 0 Å². The van der Waals surface area contributed by atoms with E-state index in [0.717, 1.165) is 24.2 Å². The van der Waals surface area contributed by atoms with Crippen molar-refractivity contribution in [2.75, 3.05) is 7.05 Å². The molecule has 21 heavy (non-hydrogen) atoms. The van der Waals surface area contributed by atoms with Crippen LogP contribution in [-0.2, 0) is 20.1 Å². The Balaban J connectivity index is 0.00000220. The molecule has 2 rings (SSSR count). The van der Waals surface area contributed by atoms with Crippen molar-refractivity contribution in [1.29, 1.82) is 0 Å².